The van der Waals surface area contributed by atoms with Crippen LogP contribution in [0.3, 0.4) is 0 Å². The van der Waals surface area contributed by atoms with Crippen molar-refractivity contribution >= 4 is 0 Å². The second-order valence-corrected chi connectivity index (χ2v) is 2.96. The first-order valence-corrected chi connectivity index (χ1v) is 4.41. The minimum absolute atomic E-state index is 0.365. The molecule has 0 bridgehead atoms. The molecule has 4 N–H and O–H groups in total. The summed E-state index contributed by atoms with van der Waals surface area (Å²) in [4.78, 5) is 47.5. The Morgan fingerprint density at radius 2 is 1.59 bits per heavy atom. The first-order chi connectivity index (χ1) is 7.97. The maximum Gasteiger partial charge on any atom is 0.342 e. The highest BCUT2D eigenvalue weighted by Gasteiger charge is 1.86. The Bertz CT molecular complexity index is 653. The standard InChI is InChI=1S/C5H6N2O2.C3H3N3O2/c1-3-2-4(8)7-5(9)6-3;7-2-1-4-6-3(8)5-2/h2H,1H3,(H2,6,7,8,9);1H,(H2,5,6,7,8). The summed E-state index contributed by atoms with van der Waals surface area (Å²) in [6, 6.07) is 1.32. The molecule has 2 rings (SSSR count). The molecule has 0 aliphatic rings. The summed E-state index contributed by atoms with van der Waals surface area (Å²) < 4.78 is 0. The molecule has 9 heteroatoms. The van der Waals surface area contributed by atoms with Crippen molar-refractivity contribution in [3.8, 4) is 0 Å². The third-order valence-electron chi connectivity index (χ3n) is 1.48. The van der Waals surface area contributed by atoms with Crippen LogP contribution in [0, 0.1) is 6.92 Å². The van der Waals surface area contributed by atoms with E-state index in [4.69, 9.17) is 0 Å². The third kappa shape index (κ3) is 4.55. The van der Waals surface area contributed by atoms with Crippen LogP contribution in [0.2, 0.25) is 0 Å². The molecule has 0 radical (unpaired) electrons. The van der Waals surface area contributed by atoms with Crippen molar-refractivity contribution in [3.05, 3.63) is 59.6 Å². The van der Waals surface area contributed by atoms with E-state index in [0.29, 0.717) is 5.69 Å². The maximum atomic E-state index is 10.4. The van der Waals surface area contributed by atoms with Gasteiger partial charge in [-0.3, -0.25) is 19.6 Å². The molecule has 0 saturated heterocycles. The zero-order chi connectivity index (χ0) is 12.8. The second kappa shape index (κ2) is 5.39. The number of nitrogens with one attached hydrogen (secondary N) is 4. The first kappa shape index (κ1) is 12.4. The van der Waals surface area contributed by atoms with Crippen LogP contribution in [0.5, 0.6) is 0 Å². The molecular weight excluding hydrogens is 230 g/mol. The summed E-state index contributed by atoms with van der Waals surface area (Å²) in [5, 5.41) is 5.21. The van der Waals surface area contributed by atoms with E-state index >= 15 is 0 Å². The Hall–Kier alpha value is -2.71. The molecule has 0 amide bonds. The predicted octanol–water partition coefficient (Wildman–Crippen LogP) is -2.17. The Labute approximate surface area is 92.6 Å². The van der Waals surface area contributed by atoms with Crippen LogP contribution in [-0.2, 0) is 0 Å². The molecule has 0 atom stereocenters. The molecule has 0 fully saturated rings. The average Bonchev–Trinajstić information content (AvgIpc) is 2.15. The number of aryl methyl sites for hydroxylation is 1. The van der Waals surface area contributed by atoms with E-state index < -0.39 is 16.9 Å². The van der Waals surface area contributed by atoms with Gasteiger partial charge in [0.15, 0.2) is 0 Å². The normalized spacial score (nSPS) is 9.24. The summed E-state index contributed by atoms with van der Waals surface area (Å²) in [5.41, 5.74) is -1.33. The maximum absolute atomic E-state index is 10.4. The lowest BCUT2D eigenvalue weighted by Crippen LogP contribution is -2.21. The Morgan fingerprint density at radius 1 is 0.941 bits per heavy atom. The largest absolute Gasteiger partial charge is 0.342 e. The number of aromatic nitrogens is 5. The number of hydrogen-bond donors (Lipinski definition) is 4. The van der Waals surface area contributed by atoms with Gasteiger partial charge >= 0.3 is 11.4 Å². The fourth-order valence-electron chi connectivity index (χ4n) is 0.913. The lowest BCUT2D eigenvalue weighted by Gasteiger charge is -1.85. The van der Waals surface area contributed by atoms with Crippen molar-refractivity contribution in [2.45, 2.75) is 6.92 Å². The fourth-order valence-corrected chi connectivity index (χ4v) is 0.913. The SMILES string of the molecule is Cc1cc(=O)[nH]c(=O)[nH]1.O=c1cn[nH]c(=O)[nH]1. The van der Waals surface area contributed by atoms with Crippen molar-refractivity contribution in [1.29, 1.82) is 0 Å². The van der Waals surface area contributed by atoms with E-state index in [0.717, 1.165) is 6.20 Å². The molecule has 90 valence electrons. The zero-order valence-corrected chi connectivity index (χ0v) is 8.73. The minimum atomic E-state index is -0.586. The van der Waals surface area contributed by atoms with Crippen LogP contribution in [0.25, 0.3) is 0 Å². The highest BCUT2D eigenvalue weighted by Crippen LogP contribution is 1.73. The van der Waals surface area contributed by atoms with Crippen LogP contribution in [-0.4, -0.2) is 25.1 Å². The molecule has 2 heterocycles. The van der Waals surface area contributed by atoms with E-state index in [9.17, 15) is 19.2 Å². The van der Waals surface area contributed by atoms with E-state index in [-0.39, 0.29) is 5.56 Å². The molecule has 0 aliphatic carbocycles. The third-order valence-corrected chi connectivity index (χ3v) is 1.48. The molecule has 0 spiro atoms. The molecular formula is C8H9N5O4. The van der Waals surface area contributed by atoms with Crippen LogP contribution in [0.15, 0.2) is 31.4 Å². The minimum Gasteiger partial charge on any atom is -0.312 e. The fraction of sp³-hybridized carbons (Fsp3) is 0.125. The van der Waals surface area contributed by atoms with Gasteiger partial charge in [0.05, 0.1) is 0 Å². The van der Waals surface area contributed by atoms with E-state index in [2.05, 4.69) is 10.1 Å². The number of nitrogens with zero attached hydrogens (tertiary/aromatic N) is 1. The van der Waals surface area contributed by atoms with Gasteiger partial charge in [-0.05, 0) is 6.92 Å². The van der Waals surface area contributed by atoms with Gasteiger partial charge in [-0.15, -0.1) is 0 Å². The summed E-state index contributed by atoms with van der Waals surface area (Å²) in [6.07, 6.45) is 0.987. The van der Waals surface area contributed by atoms with Gasteiger partial charge in [-0.25, -0.2) is 14.7 Å². The highest BCUT2D eigenvalue weighted by molar-refractivity contribution is 4.93. The van der Waals surface area contributed by atoms with Crippen LogP contribution < -0.4 is 22.5 Å². The smallest absolute Gasteiger partial charge is 0.312 e. The van der Waals surface area contributed by atoms with Crippen LogP contribution >= 0.6 is 0 Å². The lowest BCUT2D eigenvalue weighted by atomic mass is 10.5. The zero-order valence-electron chi connectivity index (χ0n) is 8.73. The summed E-state index contributed by atoms with van der Waals surface area (Å²) >= 11 is 0. The number of H-pyrrole nitrogens is 4. The average molecular weight is 239 g/mol. The van der Waals surface area contributed by atoms with Gasteiger partial charge < -0.3 is 4.98 Å². The van der Waals surface area contributed by atoms with E-state index in [1.165, 1.54) is 6.07 Å². The highest BCUT2D eigenvalue weighted by atomic mass is 16.2. The molecule has 2 aromatic heterocycles. The molecule has 17 heavy (non-hydrogen) atoms. The molecule has 0 aliphatic heterocycles. The number of hydrogen-bond acceptors (Lipinski definition) is 5. The van der Waals surface area contributed by atoms with Gasteiger partial charge in [0.25, 0.3) is 11.1 Å². The van der Waals surface area contributed by atoms with Gasteiger partial charge in [-0.2, -0.15) is 5.10 Å². The van der Waals surface area contributed by atoms with Gasteiger partial charge in [0.2, 0.25) is 0 Å². The molecule has 9 nitrogen and oxygen atoms in total. The van der Waals surface area contributed by atoms with Crippen molar-refractivity contribution in [2.75, 3.05) is 0 Å². The van der Waals surface area contributed by atoms with Crippen molar-refractivity contribution in [1.82, 2.24) is 25.1 Å². The second-order valence-electron chi connectivity index (χ2n) is 2.96. The molecule has 2 aromatic rings. The lowest BCUT2D eigenvalue weighted by molar-refractivity contribution is 0.890. The van der Waals surface area contributed by atoms with Gasteiger partial charge in [-0.1, -0.05) is 0 Å². The van der Waals surface area contributed by atoms with Crippen molar-refractivity contribution in [3.63, 3.8) is 0 Å². The topological polar surface area (TPSA) is 144 Å². The van der Waals surface area contributed by atoms with Crippen molar-refractivity contribution in [2.24, 2.45) is 0 Å². The molecule has 0 unspecified atom stereocenters. The number of aromatic amines is 4. The molecule has 0 saturated carbocycles. The Kier molecular flexibility index (Phi) is 3.92. The summed E-state index contributed by atoms with van der Waals surface area (Å²) in [5.74, 6) is 0. The van der Waals surface area contributed by atoms with Crippen molar-refractivity contribution < 1.29 is 0 Å². The summed E-state index contributed by atoms with van der Waals surface area (Å²) in [6.45, 7) is 1.65. The Balaban J connectivity index is 0.000000171. The van der Waals surface area contributed by atoms with Gasteiger partial charge in [0, 0.05) is 11.8 Å². The number of rotatable bonds is 0. The summed E-state index contributed by atoms with van der Waals surface area (Å²) in [7, 11) is 0. The first-order valence-electron chi connectivity index (χ1n) is 4.41. The van der Waals surface area contributed by atoms with Crippen LogP contribution in [0.1, 0.15) is 5.69 Å². The van der Waals surface area contributed by atoms with E-state index in [1.807, 2.05) is 15.1 Å². The predicted molar refractivity (Wildman–Crippen MR) is 57.9 cm³/mol. The monoisotopic (exact) mass is 239 g/mol. The quantitative estimate of drug-likeness (QED) is 0.413. The van der Waals surface area contributed by atoms with Crippen LogP contribution in [0.4, 0.5) is 0 Å². The van der Waals surface area contributed by atoms with E-state index in [1.54, 1.807) is 6.92 Å². The molecule has 0 aromatic carbocycles. The Morgan fingerprint density at radius 3 is 2.00 bits per heavy atom. The van der Waals surface area contributed by atoms with Gasteiger partial charge in [0.1, 0.15) is 6.20 Å².